The topological polar surface area (TPSA) is 84.3 Å². The third-order valence-corrected chi connectivity index (χ3v) is 6.34. The maximum atomic E-state index is 11.9. The summed E-state index contributed by atoms with van der Waals surface area (Å²) in [7, 11) is 1.49. The second-order valence-corrected chi connectivity index (χ2v) is 8.79. The van der Waals surface area contributed by atoms with Gasteiger partial charge in [0.2, 0.25) is 5.91 Å². The Hall–Kier alpha value is -4.08. The van der Waals surface area contributed by atoms with E-state index in [0.29, 0.717) is 17.3 Å². The van der Waals surface area contributed by atoms with Crippen molar-refractivity contribution in [3.8, 4) is 0 Å². The fraction of sp³-hybridized carbons (Fsp3) is 0.185. The van der Waals surface area contributed by atoms with E-state index in [0.717, 1.165) is 22.8 Å². The molecular weight excluding hydrogens is 472 g/mol. The van der Waals surface area contributed by atoms with Crippen LogP contribution in [0, 0.1) is 0 Å². The number of hydrogen-bond acceptors (Lipinski definition) is 5. The minimum absolute atomic E-state index is 0.00295. The highest BCUT2D eigenvalue weighted by molar-refractivity contribution is 7.80. The zero-order valence-electron chi connectivity index (χ0n) is 19.7. The van der Waals surface area contributed by atoms with Gasteiger partial charge in [0.05, 0.1) is 24.0 Å². The van der Waals surface area contributed by atoms with Gasteiger partial charge < -0.3 is 24.8 Å². The lowest BCUT2D eigenvalue weighted by Crippen LogP contribution is -2.30. The number of amides is 1. The summed E-state index contributed by atoms with van der Waals surface area (Å²) in [4.78, 5) is 23.2. The molecule has 2 atom stereocenters. The smallest absolute Gasteiger partial charge is 0.250 e. The highest BCUT2D eigenvalue weighted by Crippen LogP contribution is 2.41. The number of ether oxygens (including phenoxy) is 1. The molecule has 2 N–H and O–H groups in total. The monoisotopic (exact) mass is 498 g/mol. The minimum atomic E-state index is -0.205. The quantitative estimate of drug-likeness (QED) is 0.354. The molecule has 9 heteroatoms. The number of nitrogens with one attached hydrogen (secondary N) is 2. The average Bonchev–Trinajstić information content (AvgIpc) is 3.49. The van der Waals surface area contributed by atoms with Crippen LogP contribution in [0.3, 0.4) is 0 Å². The number of benzene rings is 1. The third-order valence-electron chi connectivity index (χ3n) is 6.03. The lowest BCUT2D eigenvalue weighted by Gasteiger charge is -2.29. The van der Waals surface area contributed by atoms with Crippen molar-refractivity contribution in [3.05, 3.63) is 108 Å². The summed E-state index contributed by atoms with van der Waals surface area (Å²) in [5, 5.41) is 6.93. The number of anilines is 2. The van der Waals surface area contributed by atoms with Crippen LogP contribution in [0.25, 0.3) is 0 Å². The number of aromatic nitrogens is 3. The van der Waals surface area contributed by atoms with Gasteiger partial charge in [-0.05, 0) is 72.9 Å². The van der Waals surface area contributed by atoms with Crippen molar-refractivity contribution in [1.29, 1.82) is 0 Å². The first kappa shape index (κ1) is 23.7. The fourth-order valence-corrected chi connectivity index (χ4v) is 4.82. The van der Waals surface area contributed by atoms with Gasteiger partial charge in [0.1, 0.15) is 12.6 Å². The molecule has 1 aliphatic rings. The van der Waals surface area contributed by atoms with E-state index in [9.17, 15) is 4.79 Å². The molecule has 1 aromatic carbocycles. The van der Waals surface area contributed by atoms with E-state index in [1.165, 1.54) is 7.11 Å². The van der Waals surface area contributed by atoms with Crippen molar-refractivity contribution in [2.24, 2.45) is 0 Å². The van der Waals surface area contributed by atoms with Gasteiger partial charge in [0.25, 0.3) is 0 Å². The first-order valence-electron chi connectivity index (χ1n) is 11.6. The Kier molecular flexibility index (Phi) is 7.01. The Balaban J connectivity index is 1.51. The average molecular weight is 499 g/mol. The first-order chi connectivity index (χ1) is 17.6. The molecule has 1 fully saturated rings. The molecule has 0 spiro atoms. The Bertz CT molecular complexity index is 1330. The van der Waals surface area contributed by atoms with E-state index in [1.54, 1.807) is 12.4 Å². The number of nitrogens with zero attached hydrogens (tertiary/aromatic N) is 4. The lowest BCUT2D eigenvalue weighted by atomic mass is 10.0. The highest BCUT2D eigenvalue weighted by atomic mass is 32.1. The van der Waals surface area contributed by atoms with Gasteiger partial charge in [-0.15, -0.1) is 0 Å². The van der Waals surface area contributed by atoms with Gasteiger partial charge in [-0.3, -0.25) is 14.8 Å². The summed E-state index contributed by atoms with van der Waals surface area (Å²) in [6.07, 6.45) is 5.67. The number of rotatable bonds is 8. The molecule has 8 nitrogen and oxygen atoms in total. The molecule has 1 saturated heterocycles. The Labute approximate surface area is 215 Å². The van der Waals surface area contributed by atoms with Gasteiger partial charge in [0.15, 0.2) is 5.11 Å². The number of methoxy groups -OCH3 is 1. The zero-order chi connectivity index (χ0) is 24.9. The van der Waals surface area contributed by atoms with Gasteiger partial charge >= 0.3 is 0 Å². The molecule has 0 radical (unpaired) electrons. The molecule has 3 aromatic heterocycles. The number of thiocarbonyl (C=S) groups is 1. The van der Waals surface area contributed by atoms with Crippen LogP contribution in [-0.4, -0.2) is 39.3 Å². The summed E-state index contributed by atoms with van der Waals surface area (Å²) < 4.78 is 7.10. The highest BCUT2D eigenvalue weighted by Gasteiger charge is 2.42. The van der Waals surface area contributed by atoms with Gasteiger partial charge in [-0.1, -0.05) is 12.1 Å². The second kappa shape index (κ2) is 10.7. The van der Waals surface area contributed by atoms with Crippen molar-refractivity contribution in [2.45, 2.75) is 18.6 Å². The molecule has 4 heterocycles. The van der Waals surface area contributed by atoms with E-state index in [-0.39, 0.29) is 24.6 Å². The van der Waals surface area contributed by atoms with E-state index >= 15 is 0 Å². The molecule has 1 aliphatic heterocycles. The molecular formula is C27H26N6O2S. The molecule has 182 valence electrons. The van der Waals surface area contributed by atoms with E-state index in [2.05, 4.69) is 42.3 Å². The van der Waals surface area contributed by atoms with Crippen molar-refractivity contribution in [2.75, 3.05) is 23.9 Å². The molecule has 1 amide bonds. The van der Waals surface area contributed by atoms with Crippen LogP contribution < -0.4 is 15.5 Å². The van der Waals surface area contributed by atoms with Crippen LogP contribution in [0.4, 0.5) is 11.4 Å². The molecule has 0 unspecified atom stereocenters. The van der Waals surface area contributed by atoms with E-state index in [1.807, 2.05) is 66.7 Å². The van der Waals surface area contributed by atoms with Crippen molar-refractivity contribution in [3.63, 3.8) is 0 Å². The van der Waals surface area contributed by atoms with Gasteiger partial charge in [-0.25, -0.2) is 0 Å². The summed E-state index contributed by atoms with van der Waals surface area (Å²) in [6, 6.07) is 23.3. The Morgan fingerprint density at radius 2 is 1.81 bits per heavy atom. The predicted molar refractivity (Wildman–Crippen MR) is 143 cm³/mol. The first-order valence-corrected chi connectivity index (χ1v) is 12.0. The van der Waals surface area contributed by atoms with Crippen LogP contribution in [0.5, 0.6) is 0 Å². The molecule has 5 rings (SSSR count). The molecule has 36 heavy (non-hydrogen) atoms. The van der Waals surface area contributed by atoms with E-state index in [4.69, 9.17) is 17.0 Å². The van der Waals surface area contributed by atoms with Crippen LogP contribution in [0.2, 0.25) is 0 Å². The summed E-state index contributed by atoms with van der Waals surface area (Å²) in [5.74, 6) is -0.205. The second-order valence-electron chi connectivity index (χ2n) is 8.41. The normalized spacial score (nSPS) is 17.1. The maximum Gasteiger partial charge on any atom is 0.250 e. The molecule has 0 saturated carbocycles. The van der Waals surface area contributed by atoms with Crippen molar-refractivity contribution in [1.82, 2.24) is 19.9 Å². The molecule has 4 aromatic rings. The van der Waals surface area contributed by atoms with Crippen LogP contribution in [0.1, 0.15) is 29.2 Å². The SMILES string of the molecule is COCC(=O)Nc1ccc(N2C(=S)N[C@H](c3ccccn3)[C@@H]2c2cccn2Cc2ccccn2)cc1. The number of carbonyl (C=O) groups excluding carboxylic acids is 1. The van der Waals surface area contributed by atoms with Crippen molar-refractivity contribution >= 4 is 34.6 Å². The summed E-state index contributed by atoms with van der Waals surface area (Å²) in [5.41, 5.74) is 4.56. The maximum absolute atomic E-state index is 11.9. The molecule has 0 aliphatic carbocycles. The van der Waals surface area contributed by atoms with Crippen LogP contribution >= 0.6 is 12.2 Å². The van der Waals surface area contributed by atoms with Crippen molar-refractivity contribution < 1.29 is 9.53 Å². The summed E-state index contributed by atoms with van der Waals surface area (Å²) >= 11 is 5.84. The predicted octanol–water partition coefficient (Wildman–Crippen LogP) is 4.09. The lowest BCUT2D eigenvalue weighted by molar-refractivity contribution is -0.119. The molecule has 0 bridgehead atoms. The van der Waals surface area contributed by atoms with Crippen LogP contribution in [-0.2, 0) is 16.1 Å². The van der Waals surface area contributed by atoms with Gasteiger partial charge in [0, 0.05) is 42.8 Å². The fourth-order valence-electron chi connectivity index (χ4n) is 4.47. The zero-order valence-corrected chi connectivity index (χ0v) is 20.6. The standard InChI is InChI=1S/C27H26N6O2S/c1-35-18-24(34)30-19-10-12-21(13-11-19)33-26(25(31-27(33)36)22-8-3-5-15-29-22)23-9-6-16-32(23)17-20-7-2-4-14-28-20/h2-16,25-26H,17-18H2,1H3,(H,30,34)(H,31,36)/t25-,26+/m1/s1. The van der Waals surface area contributed by atoms with E-state index < -0.39 is 0 Å². The Morgan fingerprint density at radius 1 is 1.03 bits per heavy atom. The number of carbonyl (C=O) groups is 1. The largest absolute Gasteiger partial charge is 0.375 e. The summed E-state index contributed by atoms with van der Waals surface area (Å²) in [6.45, 7) is 0.642. The number of hydrogen-bond donors (Lipinski definition) is 2. The minimum Gasteiger partial charge on any atom is -0.375 e. The number of pyridine rings is 2. The van der Waals surface area contributed by atoms with Crippen LogP contribution in [0.15, 0.2) is 91.4 Å². The Morgan fingerprint density at radius 3 is 2.50 bits per heavy atom. The third kappa shape index (κ3) is 4.98. The van der Waals surface area contributed by atoms with Gasteiger partial charge in [-0.2, -0.15) is 0 Å².